The Hall–Kier alpha value is -2.82. The monoisotopic (exact) mass is 480 g/mol. The van der Waals surface area contributed by atoms with Crippen molar-refractivity contribution in [3.8, 4) is 5.75 Å². The van der Waals surface area contributed by atoms with Crippen molar-refractivity contribution in [2.75, 3.05) is 0 Å². The van der Waals surface area contributed by atoms with Crippen LogP contribution in [-0.2, 0) is 19.2 Å². The largest absolute Gasteiger partial charge is 0.478 e. The van der Waals surface area contributed by atoms with Crippen LogP contribution in [0.1, 0.15) is 41.5 Å². The Kier molecular flexibility index (Phi) is 11.3. The van der Waals surface area contributed by atoms with Crippen LogP contribution in [0, 0.1) is 23.7 Å². The molecule has 0 bridgehead atoms. The predicted octanol–water partition coefficient (Wildman–Crippen LogP) is 0.387. The topological polar surface area (TPSA) is 162 Å². The first kappa shape index (κ1) is 29.2. The van der Waals surface area contributed by atoms with Crippen LogP contribution in [-0.4, -0.2) is 63.4 Å². The summed E-state index contributed by atoms with van der Waals surface area (Å²) in [5.41, 5.74) is 0. The van der Waals surface area contributed by atoms with Gasteiger partial charge in [-0.05, 0) is 24.0 Å². The van der Waals surface area contributed by atoms with E-state index in [0.717, 1.165) is 0 Å². The van der Waals surface area contributed by atoms with Gasteiger partial charge in [-0.25, -0.2) is 0 Å². The van der Waals surface area contributed by atoms with Gasteiger partial charge in [-0.2, -0.15) is 0 Å². The lowest BCUT2D eigenvalue weighted by Crippen LogP contribution is -2.58. The van der Waals surface area contributed by atoms with Crippen LogP contribution in [0.2, 0.25) is 0 Å². The maximum absolute atomic E-state index is 12.8. The smallest absolute Gasteiger partial charge is 0.270 e. The molecule has 10 heteroatoms. The number of ether oxygens (including phenoxy) is 1. The lowest BCUT2D eigenvalue weighted by molar-refractivity contribution is -0.156. The van der Waals surface area contributed by atoms with Crippen LogP contribution in [0.3, 0.4) is 0 Å². The molecule has 0 saturated heterocycles. The summed E-state index contributed by atoms with van der Waals surface area (Å²) in [6.07, 6.45) is -8.44. The molecule has 1 rings (SSSR count). The lowest BCUT2D eigenvalue weighted by atomic mass is 9.96. The van der Waals surface area contributed by atoms with Gasteiger partial charge in [0.05, 0.1) is 0 Å². The Morgan fingerprint density at radius 1 is 0.676 bits per heavy atom. The van der Waals surface area contributed by atoms with Gasteiger partial charge in [0.15, 0.2) is 6.10 Å². The van der Waals surface area contributed by atoms with Crippen LogP contribution in [0.25, 0.3) is 0 Å². The minimum absolute atomic E-state index is 0.0758. The van der Waals surface area contributed by atoms with Crippen molar-refractivity contribution in [2.24, 2.45) is 23.7 Å². The van der Waals surface area contributed by atoms with Gasteiger partial charge < -0.3 is 20.1 Å². The van der Waals surface area contributed by atoms with Crippen molar-refractivity contribution in [1.29, 1.82) is 0 Å². The van der Waals surface area contributed by atoms with Crippen molar-refractivity contribution < 1.29 is 39.2 Å². The zero-order valence-electron chi connectivity index (χ0n) is 20.4. The number of hydrogen-bond acceptors (Lipinski definition) is 8. The first-order valence-corrected chi connectivity index (χ1v) is 11.2. The van der Waals surface area contributed by atoms with Gasteiger partial charge in [0.2, 0.25) is 17.9 Å². The number of nitrogens with one attached hydrogen (secondary N) is 2. The molecule has 0 saturated carbocycles. The number of aliphatic hydroxyl groups is 3. The minimum Gasteiger partial charge on any atom is -0.478 e. The number of carbonyl (C=O) groups excluding carboxylic acids is 4. The molecule has 0 aliphatic rings. The summed E-state index contributed by atoms with van der Waals surface area (Å²) in [6.45, 7) is 10.3. The Bertz CT molecular complexity index is 843. The third-order valence-corrected chi connectivity index (χ3v) is 5.84. The third kappa shape index (κ3) is 8.19. The second-order valence-electron chi connectivity index (χ2n) is 9.05. The number of amides is 4. The van der Waals surface area contributed by atoms with E-state index in [9.17, 15) is 34.5 Å². The minimum atomic E-state index is -2.25. The van der Waals surface area contributed by atoms with E-state index >= 15 is 0 Å². The molecular formula is C24H36N2O8. The van der Waals surface area contributed by atoms with Gasteiger partial charge in [-0.1, -0.05) is 59.7 Å². The van der Waals surface area contributed by atoms with Gasteiger partial charge in [0.1, 0.15) is 18.0 Å². The number of aliphatic hydroxyl groups excluding tert-OH is 3. The highest BCUT2D eigenvalue weighted by molar-refractivity contribution is 5.99. The first-order chi connectivity index (χ1) is 15.8. The highest BCUT2D eigenvalue weighted by Gasteiger charge is 2.41. The zero-order valence-corrected chi connectivity index (χ0v) is 20.4. The van der Waals surface area contributed by atoms with Crippen LogP contribution in [0.4, 0.5) is 0 Å². The zero-order chi connectivity index (χ0) is 26.2. The van der Waals surface area contributed by atoms with E-state index in [4.69, 9.17) is 4.74 Å². The van der Waals surface area contributed by atoms with Crippen LogP contribution >= 0.6 is 0 Å². The molecule has 0 aromatic heterocycles. The summed E-state index contributed by atoms with van der Waals surface area (Å²) in [5.74, 6) is -4.69. The highest BCUT2D eigenvalue weighted by atomic mass is 16.5. The van der Waals surface area contributed by atoms with Gasteiger partial charge in [0, 0.05) is 11.8 Å². The fourth-order valence-corrected chi connectivity index (χ4v) is 2.67. The number of imide groups is 2. The highest BCUT2D eigenvalue weighted by Crippen LogP contribution is 2.17. The van der Waals surface area contributed by atoms with Crippen molar-refractivity contribution in [2.45, 2.75) is 66.0 Å². The normalized spacial score (nSPS) is 16.7. The lowest BCUT2D eigenvalue weighted by Gasteiger charge is -2.29. The summed E-state index contributed by atoms with van der Waals surface area (Å²) < 4.78 is 5.50. The average Bonchev–Trinajstić information content (AvgIpc) is 2.80. The van der Waals surface area contributed by atoms with Crippen molar-refractivity contribution in [3.05, 3.63) is 30.3 Å². The van der Waals surface area contributed by atoms with E-state index in [-0.39, 0.29) is 17.6 Å². The van der Waals surface area contributed by atoms with E-state index in [2.05, 4.69) is 5.32 Å². The fraction of sp³-hybridized carbons (Fsp3) is 0.583. The molecule has 0 aliphatic heterocycles. The molecule has 0 fully saturated rings. The van der Waals surface area contributed by atoms with E-state index in [1.165, 1.54) is 12.1 Å². The Morgan fingerprint density at radius 3 is 1.56 bits per heavy atom. The average molecular weight is 481 g/mol. The molecule has 4 amide bonds. The van der Waals surface area contributed by atoms with E-state index in [1.807, 2.05) is 5.32 Å². The molecule has 1 aromatic rings. The third-order valence-electron chi connectivity index (χ3n) is 5.84. The summed E-state index contributed by atoms with van der Waals surface area (Å²) in [6, 6.07) is 7.84. The van der Waals surface area contributed by atoms with Crippen molar-refractivity contribution in [3.63, 3.8) is 0 Å². The molecule has 0 aliphatic carbocycles. The maximum Gasteiger partial charge on any atom is 0.270 e. The van der Waals surface area contributed by atoms with Gasteiger partial charge >= 0.3 is 0 Å². The maximum atomic E-state index is 12.8. The number of hydrogen-bond donors (Lipinski definition) is 5. The Balaban J connectivity index is 3.05. The molecule has 34 heavy (non-hydrogen) atoms. The van der Waals surface area contributed by atoms with Gasteiger partial charge in [0.25, 0.3) is 11.8 Å². The molecule has 0 spiro atoms. The molecule has 0 radical (unpaired) electrons. The summed E-state index contributed by atoms with van der Waals surface area (Å²) >= 11 is 0. The Labute approximate surface area is 199 Å². The van der Waals surface area contributed by atoms with Crippen LogP contribution in [0.15, 0.2) is 30.3 Å². The Morgan fingerprint density at radius 2 is 1.12 bits per heavy atom. The first-order valence-electron chi connectivity index (χ1n) is 11.2. The quantitative estimate of drug-likeness (QED) is 0.304. The number of rotatable bonds is 11. The number of carbonyl (C=O) groups is 4. The molecule has 190 valence electrons. The molecule has 6 atom stereocenters. The van der Waals surface area contributed by atoms with Crippen LogP contribution < -0.4 is 15.4 Å². The molecule has 1 aromatic carbocycles. The standard InChI is InChI=1S/C24H36N2O8/c1-12(2)14(5)21(30)25-23(32)19(29)17(27)18(28)20(34-16-10-8-7-9-11-16)24(33)26-22(31)15(6)13(3)4/h7-15,17-20,27-29H,1-6H3,(H,25,30,32)(H,26,31,33)/t14-,15-,17+,18+,19+,20+/m0/s1. The fourth-order valence-electron chi connectivity index (χ4n) is 2.67. The van der Waals surface area contributed by atoms with Gasteiger partial charge in [-0.15, -0.1) is 0 Å². The number of para-hydroxylation sites is 1. The molecule has 0 unspecified atom stereocenters. The molecule has 10 nitrogen and oxygen atoms in total. The molecule has 5 N–H and O–H groups in total. The van der Waals surface area contributed by atoms with Crippen molar-refractivity contribution >= 4 is 23.6 Å². The molecular weight excluding hydrogens is 444 g/mol. The van der Waals surface area contributed by atoms with Crippen molar-refractivity contribution in [1.82, 2.24) is 10.6 Å². The van der Waals surface area contributed by atoms with Crippen LogP contribution in [0.5, 0.6) is 5.75 Å². The van der Waals surface area contributed by atoms with Gasteiger partial charge in [-0.3, -0.25) is 29.8 Å². The predicted molar refractivity (Wildman–Crippen MR) is 123 cm³/mol. The summed E-state index contributed by atoms with van der Waals surface area (Å²) in [4.78, 5) is 49.5. The second-order valence-corrected chi connectivity index (χ2v) is 9.05. The summed E-state index contributed by atoms with van der Waals surface area (Å²) in [7, 11) is 0. The van der Waals surface area contributed by atoms with E-state index < -0.39 is 59.9 Å². The second kappa shape index (κ2) is 13.2. The van der Waals surface area contributed by atoms with E-state index in [1.54, 1.807) is 59.7 Å². The number of benzene rings is 1. The SMILES string of the molecule is CC(C)[C@H](C)C(=O)NC(=O)[C@H](O)[C@H](O)[C@@H](O)[C@@H](Oc1ccccc1)C(=O)NC(=O)[C@@H](C)C(C)C. The van der Waals surface area contributed by atoms with E-state index in [0.29, 0.717) is 0 Å². The summed E-state index contributed by atoms with van der Waals surface area (Å²) in [5, 5.41) is 35.4. The molecule has 0 heterocycles.